The molecule has 0 unspecified atom stereocenters. The summed E-state index contributed by atoms with van der Waals surface area (Å²) in [6.45, 7) is 4.86. The van der Waals surface area contributed by atoms with Gasteiger partial charge in [0.15, 0.2) is 0 Å². The Balaban J connectivity index is 0.000000244. The van der Waals surface area contributed by atoms with Gasteiger partial charge in [0.25, 0.3) is 0 Å². The van der Waals surface area contributed by atoms with Crippen LogP contribution in [0.2, 0.25) is 15.1 Å². The number of amides is 6. The van der Waals surface area contributed by atoms with Crippen molar-refractivity contribution in [1.29, 1.82) is 0 Å². The van der Waals surface area contributed by atoms with Gasteiger partial charge in [-0.2, -0.15) is 0 Å². The zero-order valence-corrected chi connectivity index (χ0v) is 43.1. The summed E-state index contributed by atoms with van der Waals surface area (Å²) < 4.78 is 17.1. The lowest BCUT2D eigenvalue weighted by atomic mass is 10.3. The van der Waals surface area contributed by atoms with E-state index in [-0.39, 0.29) is 53.2 Å². The highest BCUT2D eigenvalue weighted by Gasteiger charge is 2.16. The molecule has 27 nitrogen and oxygen atoms in total. The van der Waals surface area contributed by atoms with Crippen LogP contribution in [-0.4, -0.2) is 108 Å². The van der Waals surface area contributed by atoms with Gasteiger partial charge in [0.1, 0.15) is 91.7 Å². The number of nitrogen functional groups attached to an aromatic ring is 3. The van der Waals surface area contributed by atoms with E-state index in [1.165, 1.54) is 72.1 Å². The van der Waals surface area contributed by atoms with Crippen molar-refractivity contribution in [2.45, 2.75) is 20.3 Å². The van der Waals surface area contributed by atoms with E-state index in [2.05, 4.69) is 91.8 Å². The van der Waals surface area contributed by atoms with Gasteiger partial charge >= 0.3 is 18.1 Å². The number of hydrogen-bond donors (Lipinski definition) is 9. The molecule has 6 rings (SSSR count). The van der Waals surface area contributed by atoms with Crippen LogP contribution in [0, 0.1) is 0 Å². The smallest absolute Gasteiger partial charge is 0.319 e. The fourth-order valence-electron chi connectivity index (χ4n) is 5.33. The Kier molecular flexibility index (Phi) is 23.8. The fourth-order valence-corrected chi connectivity index (χ4v) is 5.99. The second-order valence-electron chi connectivity index (χ2n) is 14.0. The minimum absolute atomic E-state index is 0.185. The van der Waals surface area contributed by atoms with Crippen LogP contribution in [0.25, 0.3) is 0 Å². The number of aromatic nitrogens is 6. The zero-order valence-electron chi connectivity index (χ0n) is 40.8. The Hall–Kier alpha value is -9.21. The van der Waals surface area contributed by atoms with Crippen molar-refractivity contribution in [3.8, 4) is 34.9 Å². The maximum absolute atomic E-state index is 11.7. The van der Waals surface area contributed by atoms with Crippen LogP contribution in [0.3, 0.4) is 0 Å². The predicted octanol–water partition coefficient (Wildman–Crippen LogP) is 7.88. The Labute approximate surface area is 443 Å². The average molecular weight is 1090 g/mol. The number of carbonyl (C=O) groups is 3. The number of carbonyl (C=O) groups excluding carboxylic acids is 3. The van der Waals surface area contributed by atoms with Crippen molar-refractivity contribution in [3.63, 3.8) is 0 Å². The van der Waals surface area contributed by atoms with Gasteiger partial charge in [-0.05, 0) is 49.7 Å². The molecule has 3 aromatic heterocycles. The summed E-state index contributed by atoms with van der Waals surface area (Å²) in [4.78, 5) is 72.2. The van der Waals surface area contributed by atoms with Gasteiger partial charge in [0.2, 0.25) is 17.6 Å². The number of halogens is 3. The first kappa shape index (κ1) is 58.4. The van der Waals surface area contributed by atoms with E-state index in [0.29, 0.717) is 79.2 Å². The molecule has 0 atom stereocenters. The maximum atomic E-state index is 11.7. The maximum Gasteiger partial charge on any atom is 0.319 e. The van der Waals surface area contributed by atoms with Crippen LogP contribution < -0.4 is 63.3 Å². The first-order chi connectivity index (χ1) is 36.1. The molecule has 0 radical (unpaired) electrons. The van der Waals surface area contributed by atoms with E-state index in [4.69, 9.17) is 66.2 Å². The molecular weight excluding hydrogens is 1040 g/mol. The minimum atomic E-state index is -0.382. The summed E-state index contributed by atoms with van der Waals surface area (Å²) in [6, 6.07) is 13.3. The highest BCUT2D eigenvalue weighted by Crippen LogP contribution is 2.34. The van der Waals surface area contributed by atoms with Gasteiger partial charge in [-0.25, -0.2) is 44.3 Å². The van der Waals surface area contributed by atoms with E-state index in [1.54, 1.807) is 48.5 Å². The largest absolute Gasteiger partial charge is 0.438 e. The number of rotatable bonds is 18. The first-order valence-corrected chi connectivity index (χ1v) is 22.8. The molecular formula is C45H51Cl3N18O9. The van der Waals surface area contributed by atoms with Crippen molar-refractivity contribution in [2.24, 2.45) is 15.5 Å². The summed E-state index contributed by atoms with van der Waals surface area (Å²) in [5, 5.41) is 27.4. The van der Waals surface area contributed by atoms with Crippen molar-refractivity contribution >= 4 is 106 Å². The summed E-state index contributed by atoms with van der Waals surface area (Å²) in [5.41, 5.74) is 19.8. The summed E-state index contributed by atoms with van der Waals surface area (Å²) in [6.07, 6.45) is 8.67. The van der Waals surface area contributed by atoms with Crippen molar-refractivity contribution < 1.29 is 43.1 Å². The average Bonchev–Trinajstić information content (AvgIpc) is 3.38. The van der Waals surface area contributed by atoms with E-state index >= 15 is 0 Å². The highest BCUT2D eigenvalue weighted by molar-refractivity contribution is 6.34. The van der Waals surface area contributed by atoms with Crippen LogP contribution in [0.1, 0.15) is 37.0 Å². The number of nitrogens with zero attached hydrogens (tertiary/aromatic N) is 9. The second kappa shape index (κ2) is 30.6. The van der Waals surface area contributed by atoms with Gasteiger partial charge in [-0.15, -0.1) is 0 Å². The topological polar surface area (TPSA) is 371 Å². The highest BCUT2D eigenvalue weighted by atomic mass is 35.5. The van der Waals surface area contributed by atoms with Crippen LogP contribution in [-0.2, 0) is 14.5 Å². The van der Waals surface area contributed by atoms with Crippen molar-refractivity contribution in [1.82, 2.24) is 45.9 Å². The third-order valence-corrected chi connectivity index (χ3v) is 9.74. The number of hydrogen-bond acceptors (Lipinski definition) is 21. The molecule has 0 aliphatic rings. The van der Waals surface area contributed by atoms with E-state index in [1.807, 2.05) is 13.8 Å². The van der Waals surface area contributed by atoms with Gasteiger partial charge in [-0.1, -0.05) is 57.2 Å². The van der Waals surface area contributed by atoms with Crippen LogP contribution in [0.4, 0.5) is 48.9 Å². The van der Waals surface area contributed by atoms with Crippen LogP contribution in [0.15, 0.2) is 89.0 Å². The Morgan fingerprint density at radius 2 is 0.867 bits per heavy atom. The summed E-state index contributed by atoms with van der Waals surface area (Å²) in [7, 11) is 5.70. The lowest BCUT2D eigenvalue weighted by Crippen LogP contribution is -2.29. The third kappa shape index (κ3) is 18.7. The van der Waals surface area contributed by atoms with Gasteiger partial charge < -0.3 is 77.8 Å². The monoisotopic (exact) mass is 1090 g/mol. The van der Waals surface area contributed by atoms with E-state index in [9.17, 15) is 14.4 Å². The molecule has 3 heterocycles. The quantitative estimate of drug-likeness (QED) is 0.0292. The molecule has 6 aromatic rings. The van der Waals surface area contributed by atoms with E-state index < -0.39 is 0 Å². The number of anilines is 6. The van der Waals surface area contributed by atoms with Crippen molar-refractivity contribution in [2.75, 3.05) is 74.6 Å². The first-order valence-electron chi connectivity index (χ1n) is 21.7. The minimum Gasteiger partial charge on any atom is -0.438 e. The standard InChI is InChI=1S/C16H19ClN6O3.C15H17ClN6O3.C14H15ClN6O3/c1-3-6-19-16(24)23-13-5-4-10(7-12(13)17)26-15-11(8-22-25-2)14(18)20-9-21-15;1-3-18-15(23)22-12-5-4-9(6-11(12)16)25-14-10(7-21-24-2)13(17)19-8-20-14;1-17-14(22)21-11-4-3-8(5-10(11)15)24-13-9(6-20-23-2)12(16)18-7-19-13/h4-5,7-9H,3,6H2,1-2H3,(H2,18,20,21)(H2,19,23,24);4-8H,3H2,1-2H3,(H2,17,19,20)(H2,18,22,23);3-7H,1-2H3,(H2,16,18,19)(H2,17,21,22)/b22-8+;21-7+;20-6+. The molecule has 0 saturated heterocycles. The number of nitrogens with two attached hydrogens (primary N) is 3. The Bertz CT molecular complexity index is 2970. The van der Waals surface area contributed by atoms with Gasteiger partial charge in [-0.3, -0.25) is 0 Å². The molecule has 75 heavy (non-hydrogen) atoms. The Morgan fingerprint density at radius 1 is 0.533 bits per heavy atom. The molecule has 0 bridgehead atoms. The molecule has 0 spiro atoms. The second-order valence-corrected chi connectivity index (χ2v) is 15.2. The van der Waals surface area contributed by atoms with Crippen molar-refractivity contribution in [3.05, 3.63) is 105 Å². The molecule has 0 aliphatic heterocycles. The number of urea groups is 3. The lowest BCUT2D eigenvalue weighted by molar-refractivity contribution is 0.215. The van der Waals surface area contributed by atoms with Gasteiger partial charge in [0, 0.05) is 38.3 Å². The molecule has 0 saturated carbocycles. The molecule has 12 N–H and O–H groups in total. The molecule has 0 aliphatic carbocycles. The Morgan fingerprint density at radius 3 is 1.16 bits per heavy atom. The van der Waals surface area contributed by atoms with Gasteiger partial charge in [0.05, 0.1) is 50.8 Å². The molecule has 0 fully saturated rings. The summed E-state index contributed by atoms with van der Waals surface area (Å²) in [5.74, 6) is 2.32. The number of ether oxygens (including phenoxy) is 3. The number of nitrogens with one attached hydrogen (secondary N) is 6. The summed E-state index contributed by atoms with van der Waals surface area (Å²) >= 11 is 18.5. The van der Waals surface area contributed by atoms with Crippen LogP contribution in [0.5, 0.6) is 34.9 Å². The number of benzene rings is 3. The number of oxime groups is 3. The predicted molar refractivity (Wildman–Crippen MR) is 286 cm³/mol. The molecule has 3 aromatic carbocycles. The zero-order chi connectivity index (χ0) is 54.7. The molecule has 396 valence electrons. The third-order valence-electron chi connectivity index (χ3n) is 8.81. The molecule has 30 heteroatoms. The fraction of sp³-hybridized carbons (Fsp3) is 0.200. The normalized spacial score (nSPS) is 10.5. The van der Waals surface area contributed by atoms with Crippen LogP contribution >= 0.6 is 34.8 Å². The molecule has 6 amide bonds. The lowest BCUT2D eigenvalue weighted by Gasteiger charge is -2.11. The SMILES string of the molecule is CCCNC(=O)Nc1ccc(Oc2ncnc(N)c2/C=N/OC)cc1Cl.CCNC(=O)Nc1ccc(Oc2ncnc(N)c2/C=N/OC)cc1Cl.CNC(=O)Nc1ccc(Oc2ncnc(N)c2/C=N/OC)cc1Cl. The van der Waals surface area contributed by atoms with E-state index in [0.717, 1.165) is 6.42 Å².